The maximum atomic E-state index is 13.3. The first-order chi connectivity index (χ1) is 9.56. The van der Waals surface area contributed by atoms with Gasteiger partial charge in [0.1, 0.15) is 5.82 Å². The number of carbonyl (C=O) groups is 1. The molecule has 0 aliphatic carbocycles. The van der Waals surface area contributed by atoms with Crippen molar-refractivity contribution in [3.05, 3.63) is 24.0 Å². The Hall–Kier alpha value is -2.11. The van der Waals surface area contributed by atoms with Gasteiger partial charge in [0.15, 0.2) is 0 Å². The van der Waals surface area contributed by atoms with Gasteiger partial charge in [0.25, 0.3) is 0 Å². The summed E-state index contributed by atoms with van der Waals surface area (Å²) in [6.07, 6.45) is 1.90. The Morgan fingerprint density at radius 3 is 2.80 bits per heavy atom. The van der Waals surface area contributed by atoms with Crippen LogP contribution in [0.3, 0.4) is 0 Å². The standard InChI is InChI=1S/C14H16FN3O2/c1-9-4-6-17(7-5-9)14(20)18-12-8-10(15)2-3-11(12)13(19)16-18/h2-3,8-9H,4-7H2,1H3,(H,16,19). The molecule has 0 radical (unpaired) electrons. The number of rotatable bonds is 0. The predicted octanol–water partition coefficient (Wildman–Crippen LogP) is 2.58. The summed E-state index contributed by atoms with van der Waals surface area (Å²) in [5.41, 5.74) is 0.297. The lowest BCUT2D eigenvalue weighted by Crippen LogP contribution is -2.40. The molecule has 1 fully saturated rings. The Kier molecular flexibility index (Phi) is 3.08. The minimum absolute atomic E-state index is 0.251. The zero-order chi connectivity index (χ0) is 14.3. The molecular weight excluding hydrogens is 261 g/mol. The number of benzene rings is 1. The van der Waals surface area contributed by atoms with Crippen molar-refractivity contribution in [2.24, 2.45) is 5.92 Å². The predicted molar refractivity (Wildman–Crippen MR) is 72.1 cm³/mol. The van der Waals surface area contributed by atoms with Crippen LogP contribution in [0.2, 0.25) is 0 Å². The van der Waals surface area contributed by atoms with E-state index in [1.54, 1.807) is 4.90 Å². The number of fused-ring (bicyclic) bond motifs is 1. The van der Waals surface area contributed by atoms with Gasteiger partial charge >= 0.3 is 6.03 Å². The molecule has 1 saturated heterocycles. The molecule has 1 aromatic heterocycles. The van der Waals surface area contributed by atoms with Gasteiger partial charge in [-0.2, -0.15) is 4.68 Å². The molecule has 0 saturated carbocycles. The summed E-state index contributed by atoms with van der Waals surface area (Å²) in [4.78, 5) is 14.1. The summed E-state index contributed by atoms with van der Waals surface area (Å²) < 4.78 is 14.4. The zero-order valence-electron chi connectivity index (χ0n) is 11.2. The number of aromatic hydroxyl groups is 1. The van der Waals surface area contributed by atoms with Crippen LogP contribution >= 0.6 is 0 Å². The molecule has 6 heteroatoms. The van der Waals surface area contributed by atoms with Crippen molar-refractivity contribution in [1.29, 1.82) is 0 Å². The first-order valence-corrected chi connectivity index (χ1v) is 6.73. The van der Waals surface area contributed by atoms with E-state index in [1.165, 1.54) is 18.2 Å². The Morgan fingerprint density at radius 1 is 1.40 bits per heavy atom. The molecule has 1 N–H and O–H groups in total. The summed E-state index contributed by atoms with van der Waals surface area (Å²) >= 11 is 0. The van der Waals surface area contributed by atoms with Crippen molar-refractivity contribution in [1.82, 2.24) is 14.7 Å². The van der Waals surface area contributed by atoms with Crippen molar-refractivity contribution in [3.63, 3.8) is 0 Å². The number of nitrogens with zero attached hydrogens (tertiary/aromatic N) is 3. The lowest BCUT2D eigenvalue weighted by Gasteiger charge is -2.29. The summed E-state index contributed by atoms with van der Waals surface area (Å²) in [6.45, 7) is 3.49. The van der Waals surface area contributed by atoms with Crippen LogP contribution in [0.4, 0.5) is 9.18 Å². The number of halogens is 1. The highest BCUT2D eigenvalue weighted by Crippen LogP contribution is 2.25. The Labute approximate surface area is 115 Å². The minimum atomic E-state index is -0.460. The van der Waals surface area contributed by atoms with E-state index in [4.69, 9.17) is 0 Å². The molecule has 1 aromatic carbocycles. The topological polar surface area (TPSA) is 58.4 Å². The molecule has 1 aliphatic heterocycles. The summed E-state index contributed by atoms with van der Waals surface area (Å²) in [5, 5.41) is 14.0. The minimum Gasteiger partial charge on any atom is -0.492 e. The summed E-state index contributed by atoms with van der Waals surface area (Å²) in [5.74, 6) is -0.100. The average molecular weight is 277 g/mol. The van der Waals surface area contributed by atoms with Gasteiger partial charge in [0.05, 0.1) is 10.9 Å². The Bertz CT molecular complexity index is 660. The smallest absolute Gasteiger partial charge is 0.345 e. The van der Waals surface area contributed by atoms with Crippen molar-refractivity contribution in [2.45, 2.75) is 19.8 Å². The van der Waals surface area contributed by atoms with E-state index in [0.29, 0.717) is 29.9 Å². The molecule has 0 bridgehead atoms. The second-order valence-corrected chi connectivity index (χ2v) is 5.35. The van der Waals surface area contributed by atoms with E-state index in [0.717, 1.165) is 17.5 Å². The molecule has 5 nitrogen and oxygen atoms in total. The Balaban J connectivity index is 1.97. The maximum absolute atomic E-state index is 13.3. The molecule has 1 aliphatic rings. The molecule has 0 spiro atoms. The number of likely N-dealkylation sites (tertiary alicyclic amines) is 1. The molecule has 106 valence electrons. The largest absolute Gasteiger partial charge is 0.492 e. The van der Waals surface area contributed by atoms with Crippen LogP contribution in [0.15, 0.2) is 18.2 Å². The third kappa shape index (κ3) is 2.11. The first kappa shape index (κ1) is 12.9. The van der Waals surface area contributed by atoms with Crippen molar-refractivity contribution < 1.29 is 14.3 Å². The van der Waals surface area contributed by atoms with Crippen LogP contribution in [-0.2, 0) is 0 Å². The number of amides is 1. The monoisotopic (exact) mass is 277 g/mol. The van der Waals surface area contributed by atoms with Gasteiger partial charge in [-0.15, -0.1) is 5.10 Å². The second-order valence-electron chi connectivity index (χ2n) is 5.35. The SMILES string of the molecule is CC1CCN(C(=O)n2nc(O)c3ccc(F)cc32)CC1. The van der Waals surface area contributed by atoms with Gasteiger partial charge in [-0.3, -0.25) is 0 Å². The maximum Gasteiger partial charge on any atom is 0.345 e. The molecule has 2 aromatic rings. The van der Waals surface area contributed by atoms with E-state index in [2.05, 4.69) is 12.0 Å². The molecular formula is C14H16FN3O2. The van der Waals surface area contributed by atoms with Crippen molar-refractivity contribution in [2.75, 3.05) is 13.1 Å². The highest BCUT2D eigenvalue weighted by molar-refractivity contribution is 5.93. The van der Waals surface area contributed by atoms with E-state index in [1.807, 2.05) is 0 Å². The van der Waals surface area contributed by atoms with Gasteiger partial charge < -0.3 is 10.0 Å². The second kappa shape index (κ2) is 4.77. The third-order valence-corrected chi connectivity index (χ3v) is 3.86. The number of hydrogen-bond donors (Lipinski definition) is 1. The zero-order valence-corrected chi connectivity index (χ0v) is 11.2. The van der Waals surface area contributed by atoms with Crippen molar-refractivity contribution >= 4 is 16.9 Å². The van der Waals surface area contributed by atoms with Gasteiger partial charge in [-0.1, -0.05) is 6.92 Å². The fourth-order valence-corrected chi connectivity index (χ4v) is 2.55. The molecule has 20 heavy (non-hydrogen) atoms. The van der Waals surface area contributed by atoms with Gasteiger partial charge in [0, 0.05) is 19.2 Å². The number of hydrogen-bond acceptors (Lipinski definition) is 3. The van der Waals surface area contributed by atoms with E-state index in [9.17, 15) is 14.3 Å². The average Bonchev–Trinajstić information content (AvgIpc) is 2.75. The van der Waals surface area contributed by atoms with Gasteiger partial charge in [-0.25, -0.2) is 9.18 Å². The molecule has 0 atom stereocenters. The number of carbonyl (C=O) groups excluding carboxylic acids is 1. The van der Waals surface area contributed by atoms with Gasteiger partial charge in [0.2, 0.25) is 5.88 Å². The first-order valence-electron chi connectivity index (χ1n) is 6.73. The van der Waals surface area contributed by atoms with E-state index < -0.39 is 5.82 Å². The fourth-order valence-electron chi connectivity index (χ4n) is 2.55. The van der Waals surface area contributed by atoms with Crippen molar-refractivity contribution in [3.8, 4) is 5.88 Å². The molecule has 0 unspecified atom stereocenters. The highest BCUT2D eigenvalue weighted by atomic mass is 19.1. The van der Waals surface area contributed by atoms with Crippen LogP contribution in [0.25, 0.3) is 10.9 Å². The summed E-state index contributed by atoms with van der Waals surface area (Å²) in [7, 11) is 0. The van der Waals surface area contributed by atoms with Crippen LogP contribution in [0.1, 0.15) is 19.8 Å². The summed E-state index contributed by atoms with van der Waals surface area (Å²) in [6, 6.07) is 3.57. The highest BCUT2D eigenvalue weighted by Gasteiger charge is 2.24. The van der Waals surface area contributed by atoms with Crippen LogP contribution in [-0.4, -0.2) is 38.9 Å². The number of piperidine rings is 1. The lowest BCUT2D eigenvalue weighted by atomic mass is 10.00. The third-order valence-electron chi connectivity index (χ3n) is 3.86. The number of aromatic nitrogens is 2. The lowest BCUT2D eigenvalue weighted by molar-refractivity contribution is 0.173. The van der Waals surface area contributed by atoms with Crippen LogP contribution in [0, 0.1) is 11.7 Å². The molecule has 2 heterocycles. The Morgan fingerprint density at radius 2 is 2.10 bits per heavy atom. The van der Waals surface area contributed by atoms with Crippen LogP contribution < -0.4 is 0 Å². The fraction of sp³-hybridized carbons (Fsp3) is 0.429. The van der Waals surface area contributed by atoms with E-state index in [-0.39, 0.29) is 11.9 Å². The molecule has 1 amide bonds. The molecule has 3 rings (SSSR count). The van der Waals surface area contributed by atoms with E-state index >= 15 is 0 Å². The normalized spacial score (nSPS) is 16.8. The van der Waals surface area contributed by atoms with Crippen LogP contribution in [0.5, 0.6) is 5.88 Å². The quantitative estimate of drug-likeness (QED) is 0.805. The van der Waals surface area contributed by atoms with Gasteiger partial charge in [-0.05, 0) is 30.9 Å².